The number of carboxylic acids is 1. The molecule has 0 aromatic rings. The van der Waals surface area contributed by atoms with Crippen LogP contribution in [0.4, 0.5) is 4.79 Å². The molecule has 18 heavy (non-hydrogen) atoms. The number of nitrogens with zero attached hydrogens (tertiary/aromatic N) is 1. The Hall–Kier alpha value is -1.30. The van der Waals surface area contributed by atoms with Gasteiger partial charge in [-0.2, -0.15) is 0 Å². The van der Waals surface area contributed by atoms with Gasteiger partial charge in [-0.15, -0.1) is 0 Å². The van der Waals surface area contributed by atoms with Gasteiger partial charge in [0.15, 0.2) is 0 Å². The van der Waals surface area contributed by atoms with E-state index >= 15 is 0 Å². The topological polar surface area (TPSA) is 78.9 Å². The van der Waals surface area contributed by atoms with Crippen LogP contribution in [0.5, 0.6) is 0 Å². The number of likely N-dealkylation sites (N-methyl/N-ethyl adjacent to an activating group) is 1. The van der Waals surface area contributed by atoms with Crippen molar-refractivity contribution in [1.82, 2.24) is 10.2 Å². The minimum Gasteiger partial charge on any atom is -0.481 e. The van der Waals surface area contributed by atoms with Crippen LogP contribution in [-0.2, 0) is 9.53 Å². The third-order valence-electron chi connectivity index (χ3n) is 3.95. The van der Waals surface area contributed by atoms with Gasteiger partial charge < -0.3 is 20.1 Å². The summed E-state index contributed by atoms with van der Waals surface area (Å²) in [6.07, 6.45) is 3.33. The zero-order chi connectivity index (χ0) is 13.2. The van der Waals surface area contributed by atoms with Crippen LogP contribution in [0.1, 0.15) is 32.1 Å². The Kier molecular flexibility index (Phi) is 3.75. The van der Waals surface area contributed by atoms with Gasteiger partial charge in [0, 0.05) is 13.7 Å². The van der Waals surface area contributed by atoms with E-state index in [4.69, 9.17) is 9.84 Å². The smallest absolute Gasteiger partial charge is 0.317 e. The van der Waals surface area contributed by atoms with E-state index in [-0.39, 0.29) is 18.5 Å². The molecule has 102 valence electrons. The quantitative estimate of drug-likeness (QED) is 0.780. The van der Waals surface area contributed by atoms with Gasteiger partial charge in [0.2, 0.25) is 0 Å². The van der Waals surface area contributed by atoms with Gasteiger partial charge in [-0.05, 0) is 25.7 Å². The molecular weight excluding hydrogens is 236 g/mol. The molecular formula is C12H20N2O4. The van der Waals surface area contributed by atoms with E-state index in [0.29, 0.717) is 13.2 Å². The molecule has 2 amide bonds. The van der Waals surface area contributed by atoms with E-state index in [1.54, 1.807) is 11.9 Å². The van der Waals surface area contributed by atoms with Gasteiger partial charge in [0.1, 0.15) is 0 Å². The first-order valence-electron chi connectivity index (χ1n) is 6.37. The Balaban J connectivity index is 1.90. The highest BCUT2D eigenvalue weighted by molar-refractivity contribution is 5.77. The predicted molar refractivity (Wildman–Crippen MR) is 64.4 cm³/mol. The molecule has 2 fully saturated rings. The molecule has 2 rings (SSSR count). The molecule has 6 nitrogen and oxygen atoms in total. The minimum absolute atomic E-state index is 0.00769. The molecule has 0 radical (unpaired) electrons. The van der Waals surface area contributed by atoms with Crippen LogP contribution < -0.4 is 5.32 Å². The number of rotatable bonds is 4. The van der Waals surface area contributed by atoms with Crippen molar-refractivity contribution < 1.29 is 19.4 Å². The average Bonchev–Trinajstić information content (AvgIpc) is 2.77. The third kappa shape index (κ3) is 2.75. The highest BCUT2D eigenvalue weighted by atomic mass is 16.5. The predicted octanol–water partition coefficient (Wildman–Crippen LogP) is 0.814. The Bertz CT molecular complexity index is 335. The average molecular weight is 256 g/mol. The van der Waals surface area contributed by atoms with E-state index in [9.17, 15) is 9.59 Å². The fourth-order valence-electron chi connectivity index (χ4n) is 2.55. The van der Waals surface area contributed by atoms with Crippen molar-refractivity contribution in [2.75, 3.05) is 20.3 Å². The number of nitrogens with one attached hydrogen (secondary N) is 1. The summed E-state index contributed by atoms with van der Waals surface area (Å²) in [6, 6.07) is -0.0848. The number of carbonyl (C=O) groups is 2. The molecule has 1 heterocycles. The van der Waals surface area contributed by atoms with E-state index in [2.05, 4.69) is 5.32 Å². The van der Waals surface area contributed by atoms with E-state index in [1.165, 1.54) is 0 Å². The summed E-state index contributed by atoms with van der Waals surface area (Å²) < 4.78 is 5.25. The summed E-state index contributed by atoms with van der Waals surface area (Å²) in [7, 11) is 1.74. The molecule has 0 spiro atoms. The van der Waals surface area contributed by atoms with Gasteiger partial charge in [-0.1, -0.05) is 0 Å². The van der Waals surface area contributed by atoms with Crippen molar-refractivity contribution in [2.24, 2.45) is 0 Å². The second-order valence-corrected chi connectivity index (χ2v) is 5.26. The highest BCUT2D eigenvalue weighted by Crippen LogP contribution is 2.35. The lowest BCUT2D eigenvalue weighted by Gasteiger charge is -2.42. The van der Waals surface area contributed by atoms with Gasteiger partial charge in [0.05, 0.1) is 24.6 Å². The number of carboxylic acid groups (broad SMARTS) is 1. The number of ether oxygens (including phenoxy) is 1. The molecule has 0 aromatic carbocycles. The molecule has 1 saturated heterocycles. The molecule has 1 saturated carbocycles. The molecule has 0 aromatic heterocycles. The fourth-order valence-corrected chi connectivity index (χ4v) is 2.55. The summed E-state index contributed by atoms with van der Waals surface area (Å²) >= 11 is 0. The van der Waals surface area contributed by atoms with Crippen LogP contribution in [0, 0.1) is 0 Å². The number of amides is 2. The summed E-state index contributed by atoms with van der Waals surface area (Å²) in [5.74, 6) is -0.859. The van der Waals surface area contributed by atoms with Crippen LogP contribution in [0.25, 0.3) is 0 Å². The standard InChI is InChI=1S/C12H20N2O4/c1-14(9-3-6-18-8-9)11(17)13-12(4-2-5-12)7-10(15)16/h9H,2-8H2,1H3,(H,13,17)(H,15,16). The lowest BCUT2D eigenvalue weighted by molar-refractivity contribution is -0.139. The lowest BCUT2D eigenvalue weighted by atomic mass is 9.74. The van der Waals surface area contributed by atoms with Crippen molar-refractivity contribution in [3.8, 4) is 0 Å². The molecule has 6 heteroatoms. The van der Waals surface area contributed by atoms with Crippen molar-refractivity contribution >= 4 is 12.0 Å². The van der Waals surface area contributed by atoms with Crippen LogP contribution in [0.3, 0.4) is 0 Å². The van der Waals surface area contributed by atoms with Gasteiger partial charge in [0.25, 0.3) is 0 Å². The number of urea groups is 1. The SMILES string of the molecule is CN(C(=O)NC1(CC(=O)O)CCC1)C1CCOC1. The monoisotopic (exact) mass is 256 g/mol. The molecule has 1 aliphatic heterocycles. The maximum Gasteiger partial charge on any atom is 0.317 e. The summed E-state index contributed by atoms with van der Waals surface area (Å²) in [5.41, 5.74) is -0.531. The first-order valence-corrected chi connectivity index (χ1v) is 6.37. The second-order valence-electron chi connectivity index (χ2n) is 5.26. The van der Waals surface area contributed by atoms with Crippen molar-refractivity contribution in [2.45, 2.75) is 43.7 Å². The van der Waals surface area contributed by atoms with Gasteiger partial charge in [-0.3, -0.25) is 4.79 Å². The van der Waals surface area contributed by atoms with Gasteiger partial charge >= 0.3 is 12.0 Å². The number of hydrogen-bond donors (Lipinski definition) is 2. The molecule has 1 aliphatic carbocycles. The second kappa shape index (κ2) is 5.14. The molecule has 1 unspecified atom stereocenters. The first-order chi connectivity index (χ1) is 8.52. The largest absolute Gasteiger partial charge is 0.481 e. The maximum atomic E-state index is 12.1. The van der Waals surface area contributed by atoms with Crippen molar-refractivity contribution in [3.05, 3.63) is 0 Å². The first kappa shape index (κ1) is 13.1. The number of carbonyl (C=O) groups excluding carboxylic acids is 1. The third-order valence-corrected chi connectivity index (χ3v) is 3.95. The maximum absolute atomic E-state index is 12.1. The van der Waals surface area contributed by atoms with E-state index < -0.39 is 11.5 Å². The Morgan fingerprint density at radius 2 is 2.22 bits per heavy atom. The lowest BCUT2D eigenvalue weighted by Crippen LogP contribution is -2.58. The zero-order valence-corrected chi connectivity index (χ0v) is 10.6. The molecule has 0 bridgehead atoms. The zero-order valence-electron chi connectivity index (χ0n) is 10.6. The van der Waals surface area contributed by atoms with E-state index in [1.807, 2.05) is 0 Å². The van der Waals surface area contributed by atoms with Crippen molar-refractivity contribution in [3.63, 3.8) is 0 Å². The Morgan fingerprint density at radius 3 is 2.67 bits per heavy atom. The van der Waals surface area contributed by atoms with Gasteiger partial charge in [-0.25, -0.2) is 4.79 Å². The van der Waals surface area contributed by atoms with Crippen LogP contribution in [0.2, 0.25) is 0 Å². The van der Waals surface area contributed by atoms with Crippen LogP contribution in [-0.4, -0.2) is 53.8 Å². The highest BCUT2D eigenvalue weighted by Gasteiger charge is 2.41. The molecule has 1 atom stereocenters. The van der Waals surface area contributed by atoms with E-state index in [0.717, 1.165) is 25.7 Å². The normalized spacial score (nSPS) is 25.3. The summed E-state index contributed by atoms with van der Waals surface area (Å²) in [4.78, 5) is 24.6. The Labute approximate surface area is 106 Å². The van der Waals surface area contributed by atoms with Crippen molar-refractivity contribution in [1.29, 1.82) is 0 Å². The molecule has 2 aliphatic rings. The number of hydrogen-bond acceptors (Lipinski definition) is 3. The fraction of sp³-hybridized carbons (Fsp3) is 0.833. The van der Waals surface area contributed by atoms with Crippen LogP contribution in [0.15, 0.2) is 0 Å². The molecule has 2 N–H and O–H groups in total. The summed E-state index contributed by atoms with van der Waals surface area (Å²) in [6.45, 7) is 1.25. The van der Waals surface area contributed by atoms with Crippen LogP contribution >= 0.6 is 0 Å². The minimum atomic E-state index is -0.859. The Morgan fingerprint density at radius 1 is 1.50 bits per heavy atom. The number of aliphatic carboxylic acids is 1. The summed E-state index contributed by atoms with van der Waals surface area (Å²) in [5, 5.41) is 11.8.